The third kappa shape index (κ3) is 5.04. The smallest absolute Gasteiger partial charge is 0.252 e. The molecule has 3 aromatic carbocycles. The third-order valence-corrected chi connectivity index (χ3v) is 4.80. The van der Waals surface area contributed by atoms with E-state index in [0.717, 1.165) is 17.3 Å². The maximum atomic E-state index is 12.7. The molecule has 0 aliphatic heterocycles. The van der Waals surface area contributed by atoms with Gasteiger partial charge in [-0.1, -0.05) is 72.8 Å². The van der Waals surface area contributed by atoms with Crippen molar-refractivity contribution < 1.29 is 4.79 Å². The summed E-state index contributed by atoms with van der Waals surface area (Å²) in [7, 11) is 0. The van der Waals surface area contributed by atoms with Crippen molar-refractivity contribution >= 4 is 21.8 Å². The van der Waals surface area contributed by atoms with Crippen LogP contribution in [0.15, 0.2) is 89.4 Å². The van der Waals surface area contributed by atoms with Gasteiger partial charge < -0.3 is 5.32 Å². The summed E-state index contributed by atoms with van der Waals surface area (Å²) in [6.07, 6.45) is 1.60. The van der Waals surface area contributed by atoms with Crippen molar-refractivity contribution in [2.45, 2.75) is 18.9 Å². The van der Waals surface area contributed by atoms with E-state index in [-0.39, 0.29) is 11.9 Å². The number of hydrogen-bond donors (Lipinski definition) is 1. The molecule has 25 heavy (non-hydrogen) atoms. The predicted molar refractivity (Wildman–Crippen MR) is 106 cm³/mol. The van der Waals surface area contributed by atoms with Gasteiger partial charge in [-0.3, -0.25) is 4.79 Å². The number of carbonyl (C=O) groups is 1. The number of halogens is 1. The van der Waals surface area contributed by atoms with Gasteiger partial charge in [-0.2, -0.15) is 0 Å². The maximum absolute atomic E-state index is 12.7. The maximum Gasteiger partial charge on any atom is 0.252 e. The zero-order chi connectivity index (χ0) is 17.5. The molecule has 0 aliphatic rings. The Balaban J connectivity index is 1.78. The Hall–Kier alpha value is -2.39. The molecule has 0 radical (unpaired) electrons. The Morgan fingerprint density at radius 3 is 1.76 bits per heavy atom. The van der Waals surface area contributed by atoms with Crippen LogP contribution in [0.4, 0.5) is 0 Å². The van der Waals surface area contributed by atoms with E-state index in [1.807, 2.05) is 60.7 Å². The van der Waals surface area contributed by atoms with Crippen molar-refractivity contribution in [3.05, 3.63) is 106 Å². The van der Waals surface area contributed by atoms with Crippen molar-refractivity contribution in [3.8, 4) is 0 Å². The molecule has 0 unspecified atom stereocenters. The highest BCUT2D eigenvalue weighted by atomic mass is 79.9. The van der Waals surface area contributed by atoms with Crippen LogP contribution in [-0.4, -0.2) is 11.9 Å². The van der Waals surface area contributed by atoms with Gasteiger partial charge in [0.1, 0.15) is 0 Å². The van der Waals surface area contributed by atoms with Gasteiger partial charge in [-0.25, -0.2) is 0 Å². The van der Waals surface area contributed by atoms with Gasteiger partial charge in [-0.15, -0.1) is 0 Å². The topological polar surface area (TPSA) is 29.1 Å². The van der Waals surface area contributed by atoms with Crippen LogP contribution in [-0.2, 0) is 12.8 Å². The number of carbonyl (C=O) groups excluding carboxylic acids is 1. The van der Waals surface area contributed by atoms with Gasteiger partial charge in [0.2, 0.25) is 0 Å². The van der Waals surface area contributed by atoms with Gasteiger partial charge in [0.25, 0.3) is 5.91 Å². The van der Waals surface area contributed by atoms with E-state index in [4.69, 9.17) is 0 Å². The van der Waals surface area contributed by atoms with Gasteiger partial charge in [0.05, 0.1) is 5.56 Å². The van der Waals surface area contributed by atoms with Crippen LogP contribution in [0.25, 0.3) is 0 Å². The van der Waals surface area contributed by atoms with Crippen LogP contribution in [0.5, 0.6) is 0 Å². The highest BCUT2D eigenvalue weighted by Crippen LogP contribution is 2.17. The Morgan fingerprint density at radius 2 is 1.24 bits per heavy atom. The fraction of sp³-hybridized carbons (Fsp3) is 0.136. The Morgan fingerprint density at radius 1 is 0.760 bits per heavy atom. The van der Waals surface area contributed by atoms with Crippen molar-refractivity contribution in [1.82, 2.24) is 5.32 Å². The van der Waals surface area contributed by atoms with E-state index in [9.17, 15) is 4.79 Å². The van der Waals surface area contributed by atoms with Gasteiger partial charge in [0.15, 0.2) is 0 Å². The van der Waals surface area contributed by atoms with E-state index < -0.39 is 0 Å². The van der Waals surface area contributed by atoms with Gasteiger partial charge in [0, 0.05) is 10.5 Å². The second kappa shape index (κ2) is 8.63. The quantitative estimate of drug-likeness (QED) is 0.624. The zero-order valence-electron chi connectivity index (χ0n) is 13.9. The van der Waals surface area contributed by atoms with Crippen LogP contribution in [0, 0.1) is 0 Å². The van der Waals surface area contributed by atoms with Crippen LogP contribution < -0.4 is 5.32 Å². The average Bonchev–Trinajstić information content (AvgIpc) is 2.63. The summed E-state index contributed by atoms with van der Waals surface area (Å²) in [5, 5.41) is 3.20. The lowest BCUT2D eigenvalue weighted by Gasteiger charge is -2.20. The molecule has 1 N–H and O–H groups in total. The Kier molecular flexibility index (Phi) is 6.02. The molecule has 2 nitrogen and oxygen atoms in total. The van der Waals surface area contributed by atoms with Gasteiger partial charge in [-0.05, 0) is 52.0 Å². The summed E-state index contributed by atoms with van der Waals surface area (Å²) >= 11 is 3.46. The predicted octanol–water partition coefficient (Wildman–Crippen LogP) is 5.03. The van der Waals surface area contributed by atoms with E-state index >= 15 is 0 Å². The van der Waals surface area contributed by atoms with Crippen molar-refractivity contribution in [2.75, 3.05) is 0 Å². The molecule has 0 heterocycles. The highest BCUT2D eigenvalue weighted by molar-refractivity contribution is 9.10. The molecule has 3 aromatic rings. The fourth-order valence-corrected chi connectivity index (χ4v) is 3.34. The highest BCUT2D eigenvalue weighted by Gasteiger charge is 2.16. The fourth-order valence-electron chi connectivity index (χ4n) is 2.88. The van der Waals surface area contributed by atoms with E-state index in [1.54, 1.807) is 0 Å². The summed E-state index contributed by atoms with van der Waals surface area (Å²) in [4.78, 5) is 12.7. The Labute approximate surface area is 157 Å². The Bertz CT molecular complexity index is 776. The summed E-state index contributed by atoms with van der Waals surface area (Å²) in [6, 6.07) is 28.1. The number of amides is 1. The second-order valence-electron chi connectivity index (χ2n) is 6.03. The van der Waals surface area contributed by atoms with Crippen LogP contribution in [0.3, 0.4) is 0 Å². The third-order valence-electron chi connectivity index (χ3n) is 4.10. The molecule has 3 rings (SSSR count). The summed E-state index contributed by atoms with van der Waals surface area (Å²) in [5.74, 6) is -0.0515. The normalized spacial score (nSPS) is 10.6. The average molecular weight is 394 g/mol. The zero-order valence-corrected chi connectivity index (χ0v) is 15.4. The molecule has 0 bridgehead atoms. The molecule has 0 spiro atoms. The molecule has 0 aromatic heterocycles. The molecule has 3 heteroatoms. The van der Waals surface area contributed by atoms with Crippen LogP contribution >= 0.6 is 15.9 Å². The molecule has 0 aliphatic carbocycles. The molecule has 0 saturated carbocycles. The van der Waals surface area contributed by atoms with Crippen LogP contribution in [0.1, 0.15) is 21.5 Å². The van der Waals surface area contributed by atoms with E-state index in [2.05, 4.69) is 45.5 Å². The lowest BCUT2D eigenvalue weighted by atomic mass is 9.98. The van der Waals surface area contributed by atoms with Gasteiger partial charge >= 0.3 is 0 Å². The minimum absolute atomic E-state index is 0.0319. The van der Waals surface area contributed by atoms with Crippen molar-refractivity contribution in [1.29, 1.82) is 0 Å². The molecular formula is C22H20BrNO. The number of nitrogens with one attached hydrogen (secondary N) is 1. The minimum atomic E-state index is -0.0515. The summed E-state index contributed by atoms with van der Waals surface area (Å²) < 4.78 is 0.811. The number of benzene rings is 3. The van der Waals surface area contributed by atoms with Crippen molar-refractivity contribution in [3.63, 3.8) is 0 Å². The minimum Gasteiger partial charge on any atom is -0.349 e. The molecular weight excluding hydrogens is 374 g/mol. The summed E-state index contributed by atoms with van der Waals surface area (Å²) in [5.41, 5.74) is 3.10. The number of hydrogen-bond acceptors (Lipinski definition) is 1. The summed E-state index contributed by atoms with van der Waals surface area (Å²) in [6.45, 7) is 0. The largest absolute Gasteiger partial charge is 0.349 e. The van der Waals surface area contributed by atoms with Crippen LogP contribution in [0.2, 0.25) is 0 Å². The first-order valence-electron chi connectivity index (χ1n) is 8.35. The monoisotopic (exact) mass is 393 g/mol. The molecule has 126 valence electrons. The molecule has 0 fully saturated rings. The first-order chi connectivity index (χ1) is 12.2. The second-order valence-corrected chi connectivity index (χ2v) is 6.88. The number of rotatable bonds is 6. The molecule has 1 amide bonds. The first-order valence-corrected chi connectivity index (χ1v) is 9.15. The standard InChI is InChI=1S/C22H20BrNO/c23-21-14-8-7-13-20(21)22(25)24-19(15-17-9-3-1-4-10-17)16-18-11-5-2-6-12-18/h1-14,19H,15-16H2,(H,24,25). The lowest BCUT2D eigenvalue weighted by Crippen LogP contribution is -2.38. The van der Waals surface area contributed by atoms with Crippen molar-refractivity contribution in [2.24, 2.45) is 0 Å². The lowest BCUT2D eigenvalue weighted by molar-refractivity contribution is 0.0936. The van der Waals surface area contributed by atoms with E-state index in [1.165, 1.54) is 11.1 Å². The molecule has 0 saturated heterocycles. The molecule has 0 atom stereocenters. The van der Waals surface area contributed by atoms with E-state index in [0.29, 0.717) is 5.56 Å². The first kappa shape index (κ1) is 17.4. The SMILES string of the molecule is O=C(NC(Cc1ccccc1)Cc1ccccc1)c1ccccc1Br.